The first-order chi connectivity index (χ1) is 4.81. The van der Waals surface area contributed by atoms with Gasteiger partial charge in [-0.05, 0) is 30.6 Å². The maximum Gasteiger partial charge on any atom is -0.0112 e. The number of rotatable bonds is 0. The summed E-state index contributed by atoms with van der Waals surface area (Å²) in [5.74, 6) is 0.873. The first-order valence-electron chi connectivity index (χ1n) is 4.50. The summed E-state index contributed by atoms with van der Waals surface area (Å²) in [4.78, 5) is 0. The van der Waals surface area contributed by atoms with E-state index in [0.29, 0.717) is 0 Å². The normalized spacial score (nSPS) is 28.8. The van der Waals surface area contributed by atoms with Gasteiger partial charge in [0.1, 0.15) is 0 Å². The first kappa shape index (κ1) is 10.7. The van der Waals surface area contributed by atoms with Crippen LogP contribution in [0.3, 0.4) is 0 Å². The predicted octanol–water partition coefficient (Wildman–Crippen LogP) is 4.02. The topological polar surface area (TPSA) is 0 Å². The summed E-state index contributed by atoms with van der Waals surface area (Å²) in [7, 11) is 0. The van der Waals surface area contributed by atoms with Crippen LogP contribution in [0, 0.1) is 11.3 Å². The van der Waals surface area contributed by atoms with Gasteiger partial charge < -0.3 is 0 Å². The van der Waals surface area contributed by atoms with Crippen molar-refractivity contribution < 1.29 is 0 Å². The Morgan fingerprint density at radius 1 is 1.27 bits per heavy atom. The monoisotopic (exact) mass is 154 g/mol. The molecule has 1 atom stereocenters. The van der Waals surface area contributed by atoms with Crippen LogP contribution in [0.25, 0.3) is 0 Å². The van der Waals surface area contributed by atoms with E-state index >= 15 is 0 Å². The van der Waals surface area contributed by atoms with E-state index in [0.717, 1.165) is 11.3 Å². The fourth-order valence-electron chi connectivity index (χ4n) is 1.68. The molecule has 0 aromatic rings. The Balaban J connectivity index is 0.000000311. The zero-order valence-corrected chi connectivity index (χ0v) is 7.35. The van der Waals surface area contributed by atoms with Crippen molar-refractivity contribution in [3.05, 3.63) is 12.2 Å². The Labute approximate surface area is 71.7 Å². The molecule has 0 heterocycles. The van der Waals surface area contributed by atoms with E-state index in [9.17, 15) is 0 Å². The molecule has 1 fully saturated rings. The lowest BCUT2D eigenvalue weighted by Gasteiger charge is -2.01. The van der Waals surface area contributed by atoms with Gasteiger partial charge in [0.2, 0.25) is 0 Å². The molecule has 1 spiro atoms. The van der Waals surface area contributed by atoms with E-state index in [4.69, 9.17) is 0 Å². The van der Waals surface area contributed by atoms with E-state index in [1.807, 2.05) is 13.8 Å². The minimum absolute atomic E-state index is 0. The molecule has 0 aromatic heterocycles. The minimum atomic E-state index is 0. The van der Waals surface area contributed by atoms with Crippen molar-refractivity contribution in [1.29, 1.82) is 0 Å². The number of hydrogen-bond donors (Lipinski definition) is 0. The van der Waals surface area contributed by atoms with E-state index in [1.165, 1.54) is 19.3 Å². The molecule has 2 aliphatic carbocycles. The molecule has 66 valence electrons. The van der Waals surface area contributed by atoms with Gasteiger partial charge in [-0.1, -0.05) is 40.3 Å². The van der Waals surface area contributed by atoms with Crippen molar-refractivity contribution >= 4 is 0 Å². The summed E-state index contributed by atoms with van der Waals surface area (Å²) in [6, 6.07) is 0. The summed E-state index contributed by atoms with van der Waals surface area (Å²) in [6.07, 6.45) is 9.17. The lowest BCUT2D eigenvalue weighted by atomic mass is 10.0. The summed E-state index contributed by atoms with van der Waals surface area (Å²) in [5.41, 5.74) is 0.736. The van der Waals surface area contributed by atoms with Crippen LogP contribution in [0.4, 0.5) is 0 Å². The molecule has 0 radical (unpaired) electrons. The van der Waals surface area contributed by atoms with Gasteiger partial charge in [0.05, 0.1) is 0 Å². The van der Waals surface area contributed by atoms with E-state index < -0.39 is 0 Å². The zero-order valence-electron chi connectivity index (χ0n) is 7.35. The van der Waals surface area contributed by atoms with Crippen molar-refractivity contribution in [3.63, 3.8) is 0 Å². The van der Waals surface area contributed by atoms with Crippen LogP contribution >= 0.6 is 0 Å². The Hall–Kier alpha value is -0.260. The molecule has 11 heavy (non-hydrogen) atoms. The Bertz CT molecular complexity index is 129. The fourth-order valence-corrected chi connectivity index (χ4v) is 1.68. The Morgan fingerprint density at radius 2 is 1.82 bits per heavy atom. The van der Waals surface area contributed by atoms with Crippen LogP contribution in [0.1, 0.15) is 47.5 Å². The standard InChI is InChI=1S/C8H12.C2H6.CH4/c1-7-2-3-8(6-7)4-5-8;1-2;/h2-3,7H,4-6H2,1H3;1-2H3;1H4. The van der Waals surface area contributed by atoms with Gasteiger partial charge >= 0.3 is 0 Å². The van der Waals surface area contributed by atoms with Crippen LogP contribution in [0.5, 0.6) is 0 Å². The molecule has 0 amide bonds. The second-order valence-corrected chi connectivity index (χ2v) is 3.40. The Kier molecular flexibility index (Phi) is 3.85. The van der Waals surface area contributed by atoms with Gasteiger partial charge in [0.15, 0.2) is 0 Å². The molecule has 0 nitrogen and oxygen atoms in total. The van der Waals surface area contributed by atoms with Gasteiger partial charge in [0.25, 0.3) is 0 Å². The molecule has 2 aliphatic rings. The van der Waals surface area contributed by atoms with E-state index in [1.54, 1.807) is 0 Å². The highest BCUT2D eigenvalue weighted by atomic mass is 14.5. The molecule has 0 aliphatic heterocycles. The second-order valence-electron chi connectivity index (χ2n) is 3.40. The largest absolute Gasteiger partial charge is 0.0851 e. The van der Waals surface area contributed by atoms with Gasteiger partial charge in [0, 0.05) is 0 Å². The molecule has 2 rings (SSSR count). The van der Waals surface area contributed by atoms with Crippen molar-refractivity contribution in [1.82, 2.24) is 0 Å². The van der Waals surface area contributed by atoms with E-state index in [-0.39, 0.29) is 7.43 Å². The van der Waals surface area contributed by atoms with Crippen molar-refractivity contribution in [2.24, 2.45) is 11.3 Å². The van der Waals surface area contributed by atoms with Gasteiger partial charge in [-0.25, -0.2) is 0 Å². The molecular formula is C11H22. The quantitative estimate of drug-likeness (QED) is 0.462. The highest BCUT2D eigenvalue weighted by molar-refractivity contribution is 5.16. The molecule has 0 saturated heterocycles. The summed E-state index contributed by atoms with van der Waals surface area (Å²) < 4.78 is 0. The molecule has 1 unspecified atom stereocenters. The summed E-state index contributed by atoms with van der Waals surface area (Å²) in [6.45, 7) is 6.31. The lowest BCUT2D eigenvalue weighted by molar-refractivity contribution is 0.542. The third-order valence-corrected chi connectivity index (χ3v) is 2.40. The average Bonchev–Trinajstić information content (AvgIpc) is 2.60. The smallest absolute Gasteiger partial charge is 0.0112 e. The number of hydrogen-bond acceptors (Lipinski definition) is 0. The van der Waals surface area contributed by atoms with Crippen LogP contribution < -0.4 is 0 Å². The molecule has 1 saturated carbocycles. The highest BCUT2D eigenvalue weighted by Gasteiger charge is 2.43. The lowest BCUT2D eigenvalue weighted by Crippen LogP contribution is -1.91. The third kappa shape index (κ3) is 2.36. The number of allylic oxidation sites excluding steroid dienone is 2. The van der Waals surface area contributed by atoms with Crippen LogP contribution in [0.2, 0.25) is 0 Å². The van der Waals surface area contributed by atoms with Crippen molar-refractivity contribution in [3.8, 4) is 0 Å². The third-order valence-electron chi connectivity index (χ3n) is 2.40. The maximum absolute atomic E-state index is 2.43. The van der Waals surface area contributed by atoms with Crippen molar-refractivity contribution in [2.45, 2.75) is 47.5 Å². The molecule has 0 aromatic carbocycles. The van der Waals surface area contributed by atoms with Crippen LogP contribution in [-0.2, 0) is 0 Å². The molecular weight excluding hydrogens is 132 g/mol. The molecule has 0 heteroatoms. The van der Waals surface area contributed by atoms with Crippen LogP contribution in [-0.4, -0.2) is 0 Å². The second kappa shape index (κ2) is 3.94. The highest BCUT2D eigenvalue weighted by Crippen LogP contribution is 2.55. The summed E-state index contributed by atoms with van der Waals surface area (Å²) >= 11 is 0. The van der Waals surface area contributed by atoms with Crippen LogP contribution in [0.15, 0.2) is 12.2 Å². The molecule has 0 N–H and O–H groups in total. The van der Waals surface area contributed by atoms with E-state index in [2.05, 4.69) is 19.1 Å². The van der Waals surface area contributed by atoms with Gasteiger partial charge in [-0.15, -0.1) is 0 Å². The minimum Gasteiger partial charge on any atom is -0.0851 e. The predicted molar refractivity (Wildman–Crippen MR) is 52.7 cm³/mol. The average molecular weight is 154 g/mol. The van der Waals surface area contributed by atoms with Gasteiger partial charge in [-0.2, -0.15) is 0 Å². The molecule has 0 bridgehead atoms. The first-order valence-corrected chi connectivity index (χ1v) is 4.50. The summed E-state index contributed by atoms with van der Waals surface area (Å²) in [5, 5.41) is 0. The Morgan fingerprint density at radius 3 is 2.00 bits per heavy atom. The zero-order chi connectivity index (χ0) is 7.61. The van der Waals surface area contributed by atoms with Gasteiger partial charge in [-0.3, -0.25) is 0 Å². The maximum atomic E-state index is 2.43. The van der Waals surface area contributed by atoms with Crippen molar-refractivity contribution in [2.75, 3.05) is 0 Å². The fraction of sp³-hybridized carbons (Fsp3) is 0.818. The SMILES string of the molecule is C.CC.CC1C=CC2(CC2)C1.